The maximum atomic E-state index is 9.56. The van der Waals surface area contributed by atoms with Crippen molar-refractivity contribution in [3.63, 3.8) is 0 Å². The number of nitriles is 1. The Bertz CT molecular complexity index is 1050. The second-order valence-corrected chi connectivity index (χ2v) is 6.34. The van der Waals surface area contributed by atoms with Crippen LogP contribution in [0, 0.1) is 11.3 Å². The van der Waals surface area contributed by atoms with Crippen molar-refractivity contribution >= 4 is 28.4 Å². The predicted molar refractivity (Wildman–Crippen MR) is 116 cm³/mol. The van der Waals surface area contributed by atoms with E-state index in [1.54, 1.807) is 0 Å². The first kappa shape index (κ1) is 17.4. The summed E-state index contributed by atoms with van der Waals surface area (Å²) in [6, 6.07) is 38.5. The van der Waals surface area contributed by atoms with Crippen LogP contribution in [-0.4, -0.2) is 0 Å². The lowest BCUT2D eigenvalue weighted by Crippen LogP contribution is -2.10. The van der Waals surface area contributed by atoms with Crippen LogP contribution in [0.2, 0.25) is 0 Å². The average molecular weight is 361 g/mol. The molecule has 0 aliphatic rings. The summed E-state index contributed by atoms with van der Waals surface area (Å²) in [6.07, 6.45) is 0. The van der Waals surface area contributed by atoms with E-state index in [0.29, 0.717) is 5.56 Å². The van der Waals surface area contributed by atoms with Crippen molar-refractivity contribution in [2.24, 2.45) is 0 Å². The molecule has 0 unspecified atom stereocenters. The zero-order valence-corrected chi connectivity index (χ0v) is 15.3. The normalized spacial score (nSPS) is 10.1. The van der Waals surface area contributed by atoms with Crippen LogP contribution in [0.5, 0.6) is 0 Å². The van der Waals surface area contributed by atoms with Gasteiger partial charge in [0.15, 0.2) is 0 Å². The number of hydrogen-bond donors (Lipinski definition) is 1. The summed E-state index contributed by atoms with van der Waals surface area (Å²) in [5.74, 6) is 0. The molecule has 3 nitrogen and oxygen atoms in total. The Hall–Kier alpha value is -4.03. The van der Waals surface area contributed by atoms with Gasteiger partial charge in [-0.25, -0.2) is 0 Å². The van der Waals surface area contributed by atoms with Gasteiger partial charge in [0.1, 0.15) is 6.07 Å². The zero-order chi connectivity index (χ0) is 19.2. The highest BCUT2D eigenvalue weighted by molar-refractivity contribution is 5.80. The van der Waals surface area contributed by atoms with E-state index in [4.69, 9.17) is 0 Å². The highest BCUT2D eigenvalue weighted by Gasteiger charge is 2.14. The van der Waals surface area contributed by atoms with Gasteiger partial charge in [0, 0.05) is 22.7 Å². The molecule has 28 heavy (non-hydrogen) atoms. The van der Waals surface area contributed by atoms with Crippen molar-refractivity contribution in [2.75, 3.05) is 10.2 Å². The third-order valence-corrected chi connectivity index (χ3v) is 4.46. The second-order valence-electron chi connectivity index (χ2n) is 6.34. The average Bonchev–Trinajstić information content (AvgIpc) is 2.76. The van der Waals surface area contributed by atoms with Crippen LogP contribution in [0.15, 0.2) is 109 Å². The Morgan fingerprint density at radius 2 is 1.14 bits per heavy atom. The number of nitrogens with one attached hydrogen (secondary N) is 1. The van der Waals surface area contributed by atoms with Gasteiger partial charge in [-0.15, -0.1) is 0 Å². The molecule has 4 aromatic carbocycles. The van der Waals surface area contributed by atoms with Gasteiger partial charge in [0.05, 0.1) is 11.3 Å². The third-order valence-electron chi connectivity index (χ3n) is 4.46. The highest BCUT2D eigenvalue weighted by atomic mass is 15.1. The SMILES string of the molecule is N#Cc1ccc(N(c2ccccc2)c2ccccc2)cc1Nc1ccccc1. The molecule has 3 heteroatoms. The van der Waals surface area contributed by atoms with Crippen LogP contribution in [0.3, 0.4) is 0 Å². The predicted octanol–water partition coefficient (Wildman–Crippen LogP) is 6.77. The molecule has 0 heterocycles. The van der Waals surface area contributed by atoms with E-state index in [9.17, 15) is 5.26 Å². The van der Waals surface area contributed by atoms with Crippen molar-refractivity contribution in [2.45, 2.75) is 0 Å². The molecule has 0 radical (unpaired) electrons. The van der Waals surface area contributed by atoms with Crippen molar-refractivity contribution in [3.05, 3.63) is 115 Å². The van der Waals surface area contributed by atoms with Crippen LogP contribution >= 0.6 is 0 Å². The molecular formula is C25H19N3. The summed E-state index contributed by atoms with van der Waals surface area (Å²) in [5, 5.41) is 12.9. The number of nitrogens with zero attached hydrogens (tertiary/aromatic N) is 2. The fraction of sp³-hybridized carbons (Fsp3) is 0. The van der Waals surface area contributed by atoms with E-state index < -0.39 is 0 Å². The van der Waals surface area contributed by atoms with Gasteiger partial charge in [0.25, 0.3) is 0 Å². The first-order valence-electron chi connectivity index (χ1n) is 9.11. The van der Waals surface area contributed by atoms with Gasteiger partial charge in [-0.3, -0.25) is 0 Å². The number of rotatable bonds is 5. The lowest BCUT2D eigenvalue weighted by atomic mass is 10.1. The van der Waals surface area contributed by atoms with Gasteiger partial charge in [0.2, 0.25) is 0 Å². The molecule has 134 valence electrons. The van der Waals surface area contributed by atoms with Crippen LogP contribution in [0.25, 0.3) is 0 Å². The molecule has 4 aromatic rings. The fourth-order valence-electron chi connectivity index (χ4n) is 3.15. The largest absolute Gasteiger partial charge is 0.354 e. The first-order chi connectivity index (χ1) is 13.8. The number of para-hydroxylation sites is 3. The summed E-state index contributed by atoms with van der Waals surface area (Å²) in [4.78, 5) is 2.18. The molecule has 0 saturated carbocycles. The van der Waals surface area contributed by atoms with Gasteiger partial charge < -0.3 is 10.2 Å². The van der Waals surface area contributed by atoms with Gasteiger partial charge in [-0.2, -0.15) is 5.26 Å². The summed E-state index contributed by atoms with van der Waals surface area (Å²) in [5.41, 5.74) is 5.43. The van der Waals surface area contributed by atoms with E-state index in [1.807, 2.05) is 84.9 Å². The van der Waals surface area contributed by atoms with Crippen molar-refractivity contribution in [3.8, 4) is 6.07 Å². The maximum absolute atomic E-state index is 9.56. The minimum atomic E-state index is 0.605. The standard InChI is InChI=1S/C25H19N3/c26-19-20-16-17-24(18-25(20)27-21-10-4-1-5-11-21)28(22-12-6-2-7-13-22)23-14-8-3-9-15-23/h1-18,27H. The Balaban J connectivity index is 1.81. The topological polar surface area (TPSA) is 39.1 Å². The lowest BCUT2D eigenvalue weighted by Gasteiger charge is -2.26. The molecule has 0 aliphatic heterocycles. The Labute approximate surface area is 165 Å². The van der Waals surface area contributed by atoms with Gasteiger partial charge in [-0.1, -0.05) is 54.6 Å². The van der Waals surface area contributed by atoms with E-state index in [-0.39, 0.29) is 0 Å². The van der Waals surface area contributed by atoms with Crippen LogP contribution in [0.4, 0.5) is 28.4 Å². The van der Waals surface area contributed by atoms with Crippen LogP contribution in [-0.2, 0) is 0 Å². The zero-order valence-electron chi connectivity index (χ0n) is 15.3. The van der Waals surface area contributed by atoms with Crippen LogP contribution in [0.1, 0.15) is 5.56 Å². The molecule has 0 fully saturated rings. The Morgan fingerprint density at radius 1 is 0.607 bits per heavy atom. The van der Waals surface area contributed by atoms with E-state index in [1.165, 1.54) is 0 Å². The highest BCUT2D eigenvalue weighted by Crippen LogP contribution is 2.36. The molecule has 0 aliphatic carbocycles. The maximum Gasteiger partial charge on any atom is 0.101 e. The molecule has 0 spiro atoms. The smallest absolute Gasteiger partial charge is 0.101 e. The molecule has 0 aromatic heterocycles. The Morgan fingerprint density at radius 3 is 1.68 bits per heavy atom. The summed E-state index contributed by atoms with van der Waals surface area (Å²) >= 11 is 0. The fourth-order valence-corrected chi connectivity index (χ4v) is 3.15. The van der Waals surface area contributed by atoms with E-state index in [0.717, 1.165) is 28.4 Å². The van der Waals surface area contributed by atoms with E-state index in [2.05, 4.69) is 40.6 Å². The monoisotopic (exact) mass is 361 g/mol. The third kappa shape index (κ3) is 3.72. The van der Waals surface area contributed by atoms with Crippen molar-refractivity contribution in [1.82, 2.24) is 0 Å². The minimum Gasteiger partial charge on any atom is -0.354 e. The van der Waals surface area contributed by atoms with E-state index >= 15 is 0 Å². The number of hydrogen-bond acceptors (Lipinski definition) is 3. The van der Waals surface area contributed by atoms with Crippen LogP contribution < -0.4 is 10.2 Å². The molecule has 0 atom stereocenters. The summed E-state index contributed by atoms with van der Waals surface area (Å²) < 4.78 is 0. The molecule has 4 rings (SSSR count). The minimum absolute atomic E-state index is 0.605. The molecule has 0 bridgehead atoms. The molecule has 0 amide bonds. The van der Waals surface area contributed by atoms with Crippen molar-refractivity contribution in [1.29, 1.82) is 5.26 Å². The van der Waals surface area contributed by atoms with Gasteiger partial charge >= 0.3 is 0 Å². The van der Waals surface area contributed by atoms with Crippen molar-refractivity contribution < 1.29 is 0 Å². The molecule has 1 N–H and O–H groups in total. The summed E-state index contributed by atoms with van der Waals surface area (Å²) in [6.45, 7) is 0. The summed E-state index contributed by atoms with van der Waals surface area (Å²) in [7, 11) is 0. The number of anilines is 5. The first-order valence-corrected chi connectivity index (χ1v) is 9.11. The molecule has 0 saturated heterocycles. The quantitative estimate of drug-likeness (QED) is 0.426. The van der Waals surface area contributed by atoms with Gasteiger partial charge in [-0.05, 0) is 54.6 Å². The lowest BCUT2D eigenvalue weighted by molar-refractivity contribution is 1.28. The molecular weight excluding hydrogens is 342 g/mol. The Kier molecular flexibility index (Phi) is 5.04. The number of benzene rings is 4. The second kappa shape index (κ2) is 8.11.